The Labute approximate surface area is 140 Å². The maximum atomic E-state index is 12.4. The van der Waals surface area contributed by atoms with Crippen molar-refractivity contribution in [3.8, 4) is 5.75 Å². The van der Waals surface area contributed by atoms with E-state index in [1.54, 1.807) is 25.3 Å². The lowest BCUT2D eigenvalue weighted by Crippen LogP contribution is -2.11. The zero-order chi connectivity index (χ0) is 16.7. The zero-order valence-corrected chi connectivity index (χ0v) is 13.7. The van der Waals surface area contributed by atoms with Gasteiger partial charge in [0.1, 0.15) is 11.6 Å². The average molecular weight is 321 g/mol. The van der Waals surface area contributed by atoms with Gasteiger partial charge in [-0.25, -0.2) is 4.98 Å². The Hall–Kier alpha value is -2.82. The van der Waals surface area contributed by atoms with E-state index in [2.05, 4.69) is 16.9 Å². The molecule has 1 aliphatic rings. The smallest absolute Gasteiger partial charge is 0.255 e. The lowest BCUT2D eigenvalue weighted by atomic mass is 10.2. The molecule has 24 heavy (non-hydrogen) atoms. The molecule has 0 unspecified atom stereocenters. The van der Waals surface area contributed by atoms with Gasteiger partial charge in [0.05, 0.1) is 18.1 Å². The molecule has 1 aliphatic carbocycles. The van der Waals surface area contributed by atoms with E-state index in [0.29, 0.717) is 17.2 Å². The minimum atomic E-state index is -0.161. The van der Waals surface area contributed by atoms with Crippen molar-refractivity contribution in [2.24, 2.45) is 7.05 Å². The molecule has 2 aromatic carbocycles. The van der Waals surface area contributed by atoms with E-state index < -0.39 is 0 Å². The second-order valence-electron chi connectivity index (χ2n) is 6.19. The molecule has 1 heterocycles. The molecule has 5 heteroatoms. The van der Waals surface area contributed by atoms with Gasteiger partial charge in [0.15, 0.2) is 0 Å². The van der Waals surface area contributed by atoms with Crippen LogP contribution >= 0.6 is 0 Å². The van der Waals surface area contributed by atoms with Gasteiger partial charge in [-0.15, -0.1) is 0 Å². The summed E-state index contributed by atoms with van der Waals surface area (Å²) in [7, 11) is 3.64. The maximum absolute atomic E-state index is 12.4. The predicted molar refractivity (Wildman–Crippen MR) is 93.6 cm³/mol. The summed E-state index contributed by atoms with van der Waals surface area (Å²) in [6.07, 6.45) is 2.44. The largest absolute Gasteiger partial charge is 0.497 e. The summed E-state index contributed by atoms with van der Waals surface area (Å²) in [6, 6.07) is 13.0. The Balaban J connectivity index is 1.60. The fourth-order valence-corrected chi connectivity index (χ4v) is 2.97. The topological polar surface area (TPSA) is 56.1 Å². The molecule has 0 spiro atoms. The SMILES string of the molecule is COc1cccc(C(=O)Nc2ccc3c(c2)nc(C2CC2)n3C)c1. The number of methoxy groups -OCH3 is 1. The summed E-state index contributed by atoms with van der Waals surface area (Å²) in [5.74, 6) is 2.24. The Kier molecular flexibility index (Phi) is 3.49. The fraction of sp³-hybridized carbons (Fsp3) is 0.263. The first-order valence-electron chi connectivity index (χ1n) is 8.07. The van der Waals surface area contributed by atoms with Crippen LogP contribution in [0.4, 0.5) is 5.69 Å². The van der Waals surface area contributed by atoms with Crippen LogP contribution in [0.15, 0.2) is 42.5 Å². The molecule has 122 valence electrons. The number of nitrogens with one attached hydrogen (secondary N) is 1. The number of hydrogen-bond donors (Lipinski definition) is 1. The van der Waals surface area contributed by atoms with Gasteiger partial charge in [0, 0.05) is 24.2 Å². The van der Waals surface area contributed by atoms with E-state index in [-0.39, 0.29) is 5.91 Å². The number of rotatable bonds is 4. The van der Waals surface area contributed by atoms with Crippen LogP contribution in [0.2, 0.25) is 0 Å². The monoisotopic (exact) mass is 321 g/mol. The minimum absolute atomic E-state index is 0.161. The van der Waals surface area contributed by atoms with Crippen LogP contribution in [-0.4, -0.2) is 22.6 Å². The van der Waals surface area contributed by atoms with Crippen molar-refractivity contribution < 1.29 is 9.53 Å². The Morgan fingerprint density at radius 1 is 1.25 bits per heavy atom. The Morgan fingerprint density at radius 2 is 2.08 bits per heavy atom. The number of carbonyl (C=O) groups excluding carboxylic acids is 1. The molecular weight excluding hydrogens is 302 g/mol. The maximum Gasteiger partial charge on any atom is 0.255 e. The molecule has 3 aromatic rings. The number of hydrogen-bond acceptors (Lipinski definition) is 3. The van der Waals surface area contributed by atoms with Gasteiger partial charge in [-0.1, -0.05) is 6.07 Å². The summed E-state index contributed by atoms with van der Waals surface area (Å²) in [5.41, 5.74) is 3.32. The standard InChI is InChI=1S/C19H19N3O2/c1-22-17-9-8-14(11-16(17)21-18(22)12-6-7-12)20-19(23)13-4-3-5-15(10-13)24-2/h3-5,8-12H,6-7H2,1-2H3,(H,20,23). The van der Waals surface area contributed by atoms with E-state index in [9.17, 15) is 4.79 Å². The van der Waals surface area contributed by atoms with Gasteiger partial charge in [0.25, 0.3) is 5.91 Å². The summed E-state index contributed by atoms with van der Waals surface area (Å²) >= 11 is 0. The predicted octanol–water partition coefficient (Wildman–Crippen LogP) is 3.71. The van der Waals surface area contributed by atoms with Crippen LogP contribution in [0.5, 0.6) is 5.75 Å². The van der Waals surface area contributed by atoms with Crippen molar-refractivity contribution in [1.29, 1.82) is 0 Å². The van der Waals surface area contributed by atoms with Crippen molar-refractivity contribution in [1.82, 2.24) is 9.55 Å². The summed E-state index contributed by atoms with van der Waals surface area (Å²) in [4.78, 5) is 17.2. The first-order chi connectivity index (χ1) is 11.7. The van der Waals surface area contributed by atoms with Crippen LogP contribution in [0, 0.1) is 0 Å². The van der Waals surface area contributed by atoms with Gasteiger partial charge < -0.3 is 14.6 Å². The second-order valence-corrected chi connectivity index (χ2v) is 6.19. The second kappa shape index (κ2) is 5.67. The molecule has 0 atom stereocenters. The molecular formula is C19H19N3O2. The van der Waals surface area contributed by atoms with Crippen molar-refractivity contribution in [3.05, 3.63) is 53.9 Å². The third kappa shape index (κ3) is 2.62. The highest BCUT2D eigenvalue weighted by Gasteiger charge is 2.28. The summed E-state index contributed by atoms with van der Waals surface area (Å²) < 4.78 is 7.32. The molecule has 1 aromatic heterocycles. The molecule has 1 fully saturated rings. The third-order valence-corrected chi connectivity index (χ3v) is 4.45. The number of ether oxygens (including phenoxy) is 1. The molecule has 5 nitrogen and oxygen atoms in total. The fourth-order valence-electron chi connectivity index (χ4n) is 2.97. The number of anilines is 1. The molecule has 4 rings (SSSR count). The number of aryl methyl sites for hydroxylation is 1. The lowest BCUT2D eigenvalue weighted by Gasteiger charge is -2.07. The highest BCUT2D eigenvalue weighted by atomic mass is 16.5. The number of fused-ring (bicyclic) bond motifs is 1. The van der Waals surface area contributed by atoms with Crippen LogP contribution in [0.25, 0.3) is 11.0 Å². The van der Waals surface area contributed by atoms with Crippen LogP contribution in [-0.2, 0) is 7.05 Å². The molecule has 1 N–H and O–H groups in total. The number of imidazole rings is 1. The Morgan fingerprint density at radius 3 is 2.83 bits per heavy atom. The summed E-state index contributed by atoms with van der Waals surface area (Å²) in [6.45, 7) is 0. The van der Waals surface area contributed by atoms with Crippen LogP contribution < -0.4 is 10.1 Å². The third-order valence-electron chi connectivity index (χ3n) is 4.45. The first-order valence-corrected chi connectivity index (χ1v) is 8.07. The van der Waals surface area contributed by atoms with Crippen molar-refractivity contribution in [2.45, 2.75) is 18.8 Å². The van der Waals surface area contributed by atoms with Gasteiger partial charge >= 0.3 is 0 Å². The molecule has 0 aliphatic heterocycles. The number of nitrogens with zero attached hydrogens (tertiary/aromatic N) is 2. The van der Waals surface area contributed by atoms with E-state index in [0.717, 1.165) is 22.5 Å². The Bertz CT molecular complexity index is 926. The number of carbonyl (C=O) groups is 1. The normalized spacial score (nSPS) is 13.9. The molecule has 0 saturated heterocycles. The first kappa shape index (κ1) is 14.8. The quantitative estimate of drug-likeness (QED) is 0.797. The zero-order valence-electron chi connectivity index (χ0n) is 13.7. The van der Waals surface area contributed by atoms with E-state index >= 15 is 0 Å². The molecule has 0 bridgehead atoms. The minimum Gasteiger partial charge on any atom is -0.497 e. The highest BCUT2D eigenvalue weighted by Crippen LogP contribution is 2.40. The van der Waals surface area contributed by atoms with Gasteiger partial charge in [-0.3, -0.25) is 4.79 Å². The number of aromatic nitrogens is 2. The lowest BCUT2D eigenvalue weighted by molar-refractivity contribution is 0.102. The highest BCUT2D eigenvalue weighted by molar-refractivity contribution is 6.05. The molecule has 1 saturated carbocycles. The van der Waals surface area contributed by atoms with Gasteiger partial charge in [-0.05, 0) is 49.2 Å². The molecule has 0 radical (unpaired) electrons. The van der Waals surface area contributed by atoms with Crippen LogP contribution in [0.1, 0.15) is 34.9 Å². The number of benzene rings is 2. The molecule has 1 amide bonds. The van der Waals surface area contributed by atoms with Crippen molar-refractivity contribution in [3.63, 3.8) is 0 Å². The average Bonchev–Trinajstić information content (AvgIpc) is 3.39. The summed E-state index contributed by atoms with van der Waals surface area (Å²) in [5, 5.41) is 2.93. The van der Waals surface area contributed by atoms with Gasteiger partial charge in [0.2, 0.25) is 0 Å². The van der Waals surface area contributed by atoms with E-state index in [4.69, 9.17) is 9.72 Å². The van der Waals surface area contributed by atoms with Crippen LogP contribution in [0.3, 0.4) is 0 Å². The van der Waals surface area contributed by atoms with E-state index in [1.807, 2.05) is 24.3 Å². The van der Waals surface area contributed by atoms with E-state index in [1.165, 1.54) is 12.8 Å². The van der Waals surface area contributed by atoms with Gasteiger partial charge in [-0.2, -0.15) is 0 Å². The number of amides is 1. The van der Waals surface area contributed by atoms with Crippen molar-refractivity contribution >= 4 is 22.6 Å². The van der Waals surface area contributed by atoms with Crippen molar-refractivity contribution in [2.75, 3.05) is 12.4 Å².